The van der Waals surface area contributed by atoms with Gasteiger partial charge in [0.1, 0.15) is 5.69 Å². The molecule has 0 aliphatic heterocycles. The molecule has 0 saturated carbocycles. The maximum absolute atomic E-state index is 14.2. The van der Waals surface area contributed by atoms with Crippen LogP contribution in [0.2, 0.25) is 0 Å². The van der Waals surface area contributed by atoms with E-state index in [0.29, 0.717) is 5.39 Å². The largest absolute Gasteiger partial charge is 0.460 e. The van der Waals surface area contributed by atoms with Crippen LogP contribution in [0.1, 0.15) is 5.69 Å². The van der Waals surface area contributed by atoms with Gasteiger partial charge in [-0.3, -0.25) is 0 Å². The zero-order valence-corrected chi connectivity index (χ0v) is 11.7. The third-order valence-electron chi connectivity index (χ3n) is 3.66. The number of hydrogen-bond donors (Lipinski definition) is 0. The summed E-state index contributed by atoms with van der Waals surface area (Å²) in [6.45, 7) is 0. The zero-order valence-electron chi connectivity index (χ0n) is 11.7. The minimum atomic E-state index is -6.41. The summed E-state index contributed by atoms with van der Waals surface area (Å²) < 4.78 is 92.5. The second-order valence-electron chi connectivity index (χ2n) is 5.17. The Labute approximate surface area is 130 Å². The standard InChI is InChI=1S/C16H8F7N/c17-14(18,15(19,20)16(21,22)23)13-11-7-2-1-5-9(11)10-6-3-4-8-12(10)24-13/h1-8H. The summed E-state index contributed by atoms with van der Waals surface area (Å²) in [5, 5.41) is 0.0452. The Morgan fingerprint density at radius 2 is 1.12 bits per heavy atom. The van der Waals surface area contributed by atoms with Crippen LogP contribution >= 0.6 is 0 Å². The minimum absolute atomic E-state index is 0.0937. The molecule has 1 heterocycles. The van der Waals surface area contributed by atoms with E-state index in [1.165, 1.54) is 36.4 Å². The molecule has 0 aliphatic rings. The van der Waals surface area contributed by atoms with Crippen LogP contribution in [0.4, 0.5) is 30.7 Å². The van der Waals surface area contributed by atoms with Gasteiger partial charge in [0.2, 0.25) is 0 Å². The van der Waals surface area contributed by atoms with Crippen molar-refractivity contribution in [2.75, 3.05) is 0 Å². The summed E-state index contributed by atoms with van der Waals surface area (Å²) in [6.07, 6.45) is -6.41. The van der Waals surface area contributed by atoms with E-state index >= 15 is 0 Å². The quantitative estimate of drug-likeness (QED) is 0.429. The van der Waals surface area contributed by atoms with Gasteiger partial charge in [-0.15, -0.1) is 0 Å². The first-order valence-corrected chi connectivity index (χ1v) is 6.67. The highest BCUT2D eigenvalue weighted by atomic mass is 19.4. The average Bonchev–Trinajstić information content (AvgIpc) is 2.52. The summed E-state index contributed by atoms with van der Waals surface area (Å²) in [7, 11) is 0. The minimum Gasteiger partial charge on any atom is -0.246 e. The fourth-order valence-electron chi connectivity index (χ4n) is 2.47. The number of rotatable bonds is 2. The molecule has 1 nitrogen and oxygen atoms in total. The van der Waals surface area contributed by atoms with Gasteiger partial charge < -0.3 is 0 Å². The number of hydrogen-bond acceptors (Lipinski definition) is 1. The monoisotopic (exact) mass is 347 g/mol. The number of halogens is 7. The van der Waals surface area contributed by atoms with E-state index in [-0.39, 0.29) is 10.9 Å². The molecular formula is C16H8F7N. The van der Waals surface area contributed by atoms with E-state index in [4.69, 9.17) is 0 Å². The summed E-state index contributed by atoms with van der Waals surface area (Å²) in [4.78, 5) is 3.42. The molecule has 24 heavy (non-hydrogen) atoms. The van der Waals surface area contributed by atoms with E-state index < -0.39 is 29.1 Å². The highest BCUT2D eigenvalue weighted by molar-refractivity contribution is 6.06. The van der Waals surface area contributed by atoms with Crippen LogP contribution in [0.25, 0.3) is 21.7 Å². The van der Waals surface area contributed by atoms with Gasteiger partial charge in [-0.05, 0) is 11.5 Å². The van der Waals surface area contributed by atoms with Crippen molar-refractivity contribution in [2.45, 2.75) is 18.0 Å². The van der Waals surface area contributed by atoms with Gasteiger partial charge in [-0.2, -0.15) is 30.7 Å². The molecule has 0 spiro atoms. The number of fused-ring (bicyclic) bond motifs is 3. The van der Waals surface area contributed by atoms with E-state index in [9.17, 15) is 30.7 Å². The Morgan fingerprint density at radius 1 is 0.625 bits per heavy atom. The van der Waals surface area contributed by atoms with Gasteiger partial charge in [-0.25, -0.2) is 4.98 Å². The first-order valence-electron chi connectivity index (χ1n) is 6.67. The molecule has 0 aliphatic carbocycles. The van der Waals surface area contributed by atoms with Crippen molar-refractivity contribution in [1.82, 2.24) is 4.98 Å². The van der Waals surface area contributed by atoms with Crippen LogP contribution < -0.4 is 0 Å². The SMILES string of the molecule is FC(F)(F)C(F)(F)C(F)(F)c1nc2ccccc2c2ccccc12. The lowest BCUT2D eigenvalue weighted by atomic mass is 9.98. The smallest absolute Gasteiger partial charge is 0.246 e. The Balaban J connectivity index is 2.40. The number of nitrogens with zero attached hydrogens (tertiary/aromatic N) is 1. The van der Waals surface area contributed by atoms with Gasteiger partial charge in [0.25, 0.3) is 0 Å². The predicted octanol–water partition coefficient (Wildman–Crippen LogP) is 5.68. The molecule has 0 fully saturated rings. The maximum atomic E-state index is 14.2. The Bertz CT molecular complexity index is 915. The summed E-state index contributed by atoms with van der Waals surface area (Å²) in [6, 6.07) is 11.0. The van der Waals surface area contributed by atoms with Crippen LogP contribution in [0.15, 0.2) is 48.5 Å². The molecule has 0 saturated heterocycles. The number of para-hydroxylation sites is 1. The van der Waals surface area contributed by atoms with Crippen molar-refractivity contribution in [2.24, 2.45) is 0 Å². The molecule has 1 aromatic heterocycles. The molecule has 0 unspecified atom stereocenters. The lowest BCUT2D eigenvalue weighted by molar-refractivity contribution is -0.360. The number of pyridine rings is 1. The molecule has 0 radical (unpaired) electrons. The van der Waals surface area contributed by atoms with Crippen molar-refractivity contribution in [3.63, 3.8) is 0 Å². The fourth-order valence-corrected chi connectivity index (χ4v) is 2.47. The van der Waals surface area contributed by atoms with Gasteiger partial charge in [-0.1, -0.05) is 42.5 Å². The first-order chi connectivity index (χ1) is 11.1. The summed E-state index contributed by atoms with van der Waals surface area (Å²) in [5.41, 5.74) is -1.69. The molecular weight excluding hydrogens is 339 g/mol. The molecule has 0 N–H and O–H groups in total. The lowest BCUT2D eigenvalue weighted by Crippen LogP contribution is -2.50. The van der Waals surface area contributed by atoms with Gasteiger partial charge in [0, 0.05) is 10.8 Å². The summed E-state index contributed by atoms with van der Waals surface area (Å²) >= 11 is 0. The van der Waals surface area contributed by atoms with Crippen molar-refractivity contribution >= 4 is 21.7 Å². The second kappa shape index (κ2) is 5.06. The van der Waals surface area contributed by atoms with E-state index in [1.807, 2.05) is 0 Å². The molecule has 126 valence electrons. The van der Waals surface area contributed by atoms with Crippen molar-refractivity contribution < 1.29 is 30.7 Å². The molecule has 3 aromatic rings. The van der Waals surface area contributed by atoms with Gasteiger partial charge in [0.15, 0.2) is 0 Å². The Kier molecular flexibility index (Phi) is 3.47. The molecule has 3 rings (SSSR count). The van der Waals surface area contributed by atoms with Crippen LogP contribution in [0.3, 0.4) is 0 Å². The molecule has 0 bridgehead atoms. The van der Waals surface area contributed by atoms with Gasteiger partial charge >= 0.3 is 18.0 Å². The highest BCUT2D eigenvalue weighted by Gasteiger charge is 2.74. The number of benzene rings is 2. The Hall–Kier alpha value is -2.38. The fraction of sp³-hybridized carbons (Fsp3) is 0.188. The van der Waals surface area contributed by atoms with Crippen LogP contribution in [0, 0.1) is 0 Å². The maximum Gasteiger partial charge on any atom is 0.460 e. The summed E-state index contributed by atoms with van der Waals surface area (Å²) in [5.74, 6) is -11.8. The number of alkyl halides is 7. The highest BCUT2D eigenvalue weighted by Crippen LogP contribution is 2.52. The predicted molar refractivity (Wildman–Crippen MR) is 74.1 cm³/mol. The second-order valence-corrected chi connectivity index (χ2v) is 5.17. The molecule has 0 atom stereocenters. The van der Waals surface area contributed by atoms with Crippen LogP contribution in [-0.4, -0.2) is 17.1 Å². The van der Waals surface area contributed by atoms with Crippen molar-refractivity contribution in [3.8, 4) is 0 Å². The van der Waals surface area contributed by atoms with Gasteiger partial charge in [0.05, 0.1) is 5.52 Å². The molecule has 8 heteroatoms. The zero-order chi connectivity index (χ0) is 17.8. The van der Waals surface area contributed by atoms with Crippen LogP contribution in [0.5, 0.6) is 0 Å². The van der Waals surface area contributed by atoms with Crippen molar-refractivity contribution in [3.05, 3.63) is 54.2 Å². The van der Waals surface area contributed by atoms with E-state index in [1.54, 1.807) is 6.07 Å². The average molecular weight is 347 g/mol. The normalized spacial score (nSPS) is 13.6. The third-order valence-corrected chi connectivity index (χ3v) is 3.66. The van der Waals surface area contributed by atoms with Crippen LogP contribution in [-0.2, 0) is 5.92 Å². The topological polar surface area (TPSA) is 12.9 Å². The third kappa shape index (κ3) is 2.20. The van der Waals surface area contributed by atoms with E-state index in [0.717, 1.165) is 6.07 Å². The molecule has 0 amide bonds. The first kappa shape index (κ1) is 16.5. The Morgan fingerprint density at radius 3 is 1.71 bits per heavy atom. The molecule has 2 aromatic carbocycles. The number of aromatic nitrogens is 1. The lowest BCUT2D eigenvalue weighted by Gasteiger charge is -2.28. The van der Waals surface area contributed by atoms with Crippen molar-refractivity contribution in [1.29, 1.82) is 0 Å². The van der Waals surface area contributed by atoms with E-state index in [2.05, 4.69) is 4.98 Å².